The van der Waals surface area contributed by atoms with Crippen molar-refractivity contribution in [2.75, 3.05) is 7.11 Å². The molecule has 1 aromatic rings. The number of fused-ring (bicyclic) bond motifs is 1. The molecule has 0 N–H and O–H groups in total. The second-order valence-electron chi connectivity index (χ2n) is 4.52. The van der Waals surface area contributed by atoms with Gasteiger partial charge in [-0.15, -0.1) is 18.1 Å². The van der Waals surface area contributed by atoms with Crippen LogP contribution in [-0.2, 0) is 33.0 Å². The smallest absolute Gasteiger partial charge is 0.469 e. The molecular weight excluding hydrogens is 296 g/mol. The van der Waals surface area contributed by atoms with Crippen molar-refractivity contribution in [1.29, 1.82) is 0 Å². The van der Waals surface area contributed by atoms with Gasteiger partial charge in [0.15, 0.2) is 0 Å². The predicted molar refractivity (Wildman–Crippen MR) is 71.8 cm³/mol. The molecule has 0 fully saturated rings. The first kappa shape index (κ1) is 16.5. The second kappa shape index (κ2) is 7.93. The van der Waals surface area contributed by atoms with Crippen LogP contribution in [0.3, 0.4) is 0 Å². The topological polar surface area (TPSA) is 43.4 Å². The van der Waals surface area contributed by atoms with Crippen LogP contribution in [-0.4, -0.2) is 18.9 Å². The van der Waals surface area contributed by atoms with Crippen LogP contribution >= 0.6 is 0 Å². The third kappa shape index (κ3) is 3.99. The van der Waals surface area contributed by atoms with Gasteiger partial charge < -0.3 is 9.53 Å². The normalized spacial score (nSPS) is 18.6. The summed E-state index contributed by atoms with van der Waals surface area (Å²) in [5, 5.41) is 0. The number of esters is 1. The summed E-state index contributed by atoms with van der Waals surface area (Å²) in [5.41, 5.74) is 1.74. The summed E-state index contributed by atoms with van der Waals surface area (Å²) in [4.78, 5) is 22.8. The van der Waals surface area contributed by atoms with E-state index in [9.17, 15) is 9.59 Å². The minimum atomic E-state index is -0.289. The molecule has 0 bridgehead atoms. The van der Waals surface area contributed by atoms with Crippen molar-refractivity contribution in [1.82, 2.24) is 0 Å². The van der Waals surface area contributed by atoms with Gasteiger partial charge in [-0.05, 0) is 6.42 Å². The van der Waals surface area contributed by atoms with Gasteiger partial charge >= 0.3 is 23.0 Å². The van der Waals surface area contributed by atoms with E-state index in [1.165, 1.54) is 7.11 Å². The molecule has 0 radical (unpaired) electrons. The number of ether oxygens (including phenoxy) is 1. The summed E-state index contributed by atoms with van der Waals surface area (Å²) in [6, 6.07) is 5.55. The van der Waals surface area contributed by atoms with Gasteiger partial charge in [-0.25, -0.2) is 12.2 Å². The van der Waals surface area contributed by atoms with Crippen molar-refractivity contribution in [3.8, 4) is 0 Å². The van der Waals surface area contributed by atoms with Crippen LogP contribution in [0, 0.1) is 12.0 Å². The number of Topliss-reactive ketones (excluding diaryl/α,β-unsaturated/α-hetero) is 1. The van der Waals surface area contributed by atoms with Crippen molar-refractivity contribution >= 4 is 11.8 Å². The monoisotopic (exact) mass is 312 g/mol. The van der Waals surface area contributed by atoms with Crippen LogP contribution in [0.4, 0.5) is 0 Å². The minimum Gasteiger partial charge on any atom is -0.469 e. The van der Waals surface area contributed by atoms with Gasteiger partial charge in [0.2, 0.25) is 0 Å². The van der Waals surface area contributed by atoms with Gasteiger partial charge in [-0.2, -0.15) is 23.8 Å². The number of carbonyl (C=O) groups is 2. The van der Waals surface area contributed by atoms with Gasteiger partial charge in [-0.3, -0.25) is 10.9 Å². The van der Waals surface area contributed by atoms with E-state index in [1.807, 2.05) is 30.4 Å². The quantitative estimate of drug-likeness (QED) is 0.455. The molecular formula is C16H16FeO3. The third-order valence-corrected chi connectivity index (χ3v) is 3.23. The van der Waals surface area contributed by atoms with E-state index < -0.39 is 0 Å². The maximum atomic E-state index is 11.6. The first-order valence-corrected chi connectivity index (χ1v) is 6.29. The van der Waals surface area contributed by atoms with Crippen molar-refractivity contribution in [2.24, 2.45) is 5.92 Å². The molecule has 0 saturated heterocycles. The number of hydrogen-bond donors (Lipinski definition) is 0. The molecule has 0 aromatic heterocycles. The van der Waals surface area contributed by atoms with E-state index in [4.69, 9.17) is 0 Å². The molecule has 2 aliphatic rings. The maximum Gasteiger partial charge on any atom is 2.00 e. The summed E-state index contributed by atoms with van der Waals surface area (Å²) < 4.78 is 4.64. The SMILES string of the molecule is COC(=O)C1CC(=O)c2[cH-]ccc2C1.[C-]1=CC=CC1.[Fe+2]. The number of allylic oxidation sites excluding steroid dienone is 4. The molecule has 4 heteroatoms. The zero-order valence-electron chi connectivity index (χ0n) is 11.2. The van der Waals surface area contributed by atoms with Crippen molar-refractivity contribution in [3.05, 3.63) is 53.6 Å². The van der Waals surface area contributed by atoms with Crippen molar-refractivity contribution in [2.45, 2.75) is 19.3 Å². The summed E-state index contributed by atoms with van der Waals surface area (Å²) in [5.74, 6) is -0.528. The average Bonchev–Trinajstić information content (AvgIpc) is 3.11. The zero-order valence-corrected chi connectivity index (χ0v) is 12.3. The van der Waals surface area contributed by atoms with Gasteiger partial charge in [0.05, 0.1) is 18.8 Å². The molecule has 1 unspecified atom stereocenters. The Morgan fingerprint density at radius 1 is 1.45 bits per heavy atom. The van der Waals surface area contributed by atoms with Gasteiger partial charge in [-0.1, -0.05) is 6.42 Å². The Labute approximate surface area is 129 Å². The first-order valence-electron chi connectivity index (χ1n) is 6.29. The van der Waals surface area contributed by atoms with Gasteiger partial charge in [0.25, 0.3) is 0 Å². The molecule has 20 heavy (non-hydrogen) atoms. The Hall–Kier alpha value is -1.51. The average molecular weight is 312 g/mol. The Bertz CT molecular complexity index is 516. The fraction of sp³-hybridized carbons (Fsp3) is 0.312. The largest absolute Gasteiger partial charge is 2.00 e. The molecule has 0 saturated carbocycles. The van der Waals surface area contributed by atoms with E-state index in [2.05, 4.69) is 16.9 Å². The van der Waals surface area contributed by atoms with Crippen LogP contribution in [0.5, 0.6) is 0 Å². The Morgan fingerprint density at radius 2 is 2.25 bits per heavy atom. The van der Waals surface area contributed by atoms with Gasteiger partial charge in [0.1, 0.15) is 0 Å². The maximum absolute atomic E-state index is 11.6. The fourth-order valence-corrected chi connectivity index (χ4v) is 2.25. The molecule has 0 spiro atoms. The molecule has 0 aliphatic heterocycles. The number of hydrogen-bond acceptors (Lipinski definition) is 3. The third-order valence-electron chi connectivity index (χ3n) is 3.23. The number of rotatable bonds is 1. The van der Waals surface area contributed by atoms with Crippen LogP contribution in [0.2, 0.25) is 0 Å². The first-order chi connectivity index (χ1) is 9.22. The zero-order chi connectivity index (χ0) is 13.7. The molecule has 0 heterocycles. The molecule has 1 aromatic carbocycles. The molecule has 1 atom stereocenters. The van der Waals surface area contributed by atoms with Crippen LogP contribution < -0.4 is 0 Å². The van der Waals surface area contributed by atoms with Crippen molar-refractivity contribution < 1.29 is 31.4 Å². The van der Waals surface area contributed by atoms with E-state index in [0.29, 0.717) is 6.42 Å². The van der Waals surface area contributed by atoms with E-state index in [0.717, 1.165) is 17.5 Å². The van der Waals surface area contributed by atoms with Crippen LogP contribution in [0.15, 0.2) is 36.4 Å². The molecule has 3 nitrogen and oxygen atoms in total. The molecule has 106 valence electrons. The molecule has 0 amide bonds. The Balaban J connectivity index is 0.000000283. The van der Waals surface area contributed by atoms with E-state index in [-0.39, 0.29) is 41.2 Å². The number of ketones is 1. The molecule has 2 aliphatic carbocycles. The summed E-state index contributed by atoms with van der Waals surface area (Å²) in [7, 11) is 1.35. The summed E-state index contributed by atoms with van der Waals surface area (Å²) in [6.07, 6.45) is 10.9. The fourth-order valence-electron chi connectivity index (χ4n) is 2.25. The van der Waals surface area contributed by atoms with E-state index >= 15 is 0 Å². The summed E-state index contributed by atoms with van der Waals surface area (Å²) in [6.45, 7) is 0. The van der Waals surface area contributed by atoms with Gasteiger partial charge in [0, 0.05) is 0 Å². The minimum absolute atomic E-state index is 0. The Morgan fingerprint density at radius 3 is 2.80 bits per heavy atom. The number of methoxy groups -OCH3 is 1. The van der Waals surface area contributed by atoms with Crippen molar-refractivity contribution in [3.63, 3.8) is 0 Å². The Kier molecular flexibility index (Phi) is 6.56. The molecule has 3 rings (SSSR count). The number of carbonyl (C=O) groups excluding carboxylic acids is 2. The second-order valence-corrected chi connectivity index (χ2v) is 4.52. The summed E-state index contributed by atoms with van der Waals surface area (Å²) >= 11 is 0. The standard InChI is InChI=1S/C11H11O3.C5H5.Fe/c1-14-11(13)8-5-7-3-2-4-9(7)10(12)6-8;1-2-4-5-3-1;/h2-4,8H,5-6H2,1H3;1-3H,4H2;/q2*-1;+2. The van der Waals surface area contributed by atoms with E-state index in [1.54, 1.807) is 0 Å². The van der Waals surface area contributed by atoms with Crippen LogP contribution in [0.1, 0.15) is 28.8 Å². The predicted octanol–water partition coefficient (Wildman–Crippen LogP) is 2.63. The van der Waals surface area contributed by atoms with Crippen LogP contribution in [0.25, 0.3) is 0 Å².